The number of nitrogens with zero attached hydrogens (tertiary/aromatic N) is 5. The van der Waals surface area contributed by atoms with Crippen molar-refractivity contribution in [3.63, 3.8) is 0 Å². The Morgan fingerprint density at radius 1 is 0.950 bits per heavy atom. The Labute approximate surface area is 117 Å². The van der Waals surface area contributed by atoms with Crippen LogP contribution in [0.1, 0.15) is 10.4 Å². The molecule has 6 heteroatoms. The molecule has 1 aliphatic heterocycles. The fraction of sp³-hybridized carbons (Fsp3) is 0.286. The second-order valence-electron chi connectivity index (χ2n) is 4.56. The highest BCUT2D eigenvalue weighted by atomic mass is 16.2. The van der Waals surface area contributed by atoms with Gasteiger partial charge in [-0.3, -0.25) is 9.78 Å². The third-order valence-corrected chi connectivity index (χ3v) is 3.33. The number of anilines is 1. The Balaban J connectivity index is 1.63. The molecule has 2 aromatic heterocycles. The van der Waals surface area contributed by atoms with Crippen LogP contribution in [0.25, 0.3) is 0 Å². The van der Waals surface area contributed by atoms with Crippen molar-refractivity contribution in [2.45, 2.75) is 0 Å². The number of carbonyl (C=O) groups excluding carboxylic acids is 1. The first-order valence-corrected chi connectivity index (χ1v) is 6.56. The van der Waals surface area contributed by atoms with Crippen molar-refractivity contribution in [2.75, 3.05) is 31.1 Å². The normalized spacial score (nSPS) is 15.2. The maximum Gasteiger partial charge on any atom is 0.254 e. The van der Waals surface area contributed by atoms with Gasteiger partial charge < -0.3 is 9.80 Å². The summed E-state index contributed by atoms with van der Waals surface area (Å²) in [5.74, 6) is 0.782. The summed E-state index contributed by atoms with van der Waals surface area (Å²) in [6.07, 6.45) is 6.75. The molecule has 1 aliphatic rings. The summed E-state index contributed by atoms with van der Waals surface area (Å²) in [7, 11) is 0. The molecule has 3 rings (SSSR count). The van der Waals surface area contributed by atoms with E-state index >= 15 is 0 Å². The molecule has 2 aromatic rings. The minimum Gasteiger partial charge on any atom is -0.337 e. The molecule has 1 amide bonds. The lowest BCUT2D eigenvalue weighted by atomic mass is 10.2. The zero-order valence-electron chi connectivity index (χ0n) is 11.0. The Hall–Kier alpha value is -2.50. The van der Waals surface area contributed by atoms with Crippen LogP contribution in [0.15, 0.2) is 43.0 Å². The van der Waals surface area contributed by atoms with Crippen molar-refractivity contribution in [3.8, 4) is 0 Å². The molecule has 0 saturated carbocycles. The summed E-state index contributed by atoms with van der Waals surface area (Å²) in [5.41, 5.74) is 0.685. The molecule has 0 radical (unpaired) electrons. The number of pyridine rings is 1. The molecule has 0 bridgehead atoms. The standard InChI is InChI=1S/C14H15N5O/c20-13(12-2-6-15-7-3-12)18-8-10-19(11-9-18)14-16-4-1-5-17-14/h1-7H,8-11H2. The van der Waals surface area contributed by atoms with Crippen molar-refractivity contribution in [1.29, 1.82) is 0 Å². The number of carbonyl (C=O) groups is 1. The second kappa shape index (κ2) is 5.64. The average Bonchev–Trinajstić information content (AvgIpc) is 2.56. The summed E-state index contributed by atoms with van der Waals surface area (Å²) in [6.45, 7) is 2.86. The number of hydrogen-bond donors (Lipinski definition) is 0. The van der Waals surface area contributed by atoms with Crippen molar-refractivity contribution in [3.05, 3.63) is 48.5 Å². The van der Waals surface area contributed by atoms with Gasteiger partial charge in [-0.05, 0) is 18.2 Å². The molecule has 0 aliphatic carbocycles. The predicted molar refractivity (Wildman–Crippen MR) is 74.4 cm³/mol. The Morgan fingerprint density at radius 3 is 2.25 bits per heavy atom. The quantitative estimate of drug-likeness (QED) is 0.808. The highest BCUT2D eigenvalue weighted by Gasteiger charge is 2.23. The molecule has 3 heterocycles. The van der Waals surface area contributed by atoms with Crippen LogP contribution in [-0.2, 0) is 0 Å². The molecule has 0 atom stereocenters. The lowest BCUT2D eigenvalue weighted by Crippen LogP contribution is -2.49. The number of hydrogen-bond acceptors (Lipinski definition) is 5. The molecule has 1 fully saturated rings. The van der Waals surface area contributed by atoms with Gasteiger partial charge in [-0.15, -0.1) is 0 Å². The van der Waals surface area contributed by atoms with E-state index in [0.29, 0.717) is 18.7 Å². The number of amides is 1. The van der Waals surface area contributed by atoms with Gasteiger partial charge in [0.25, 0.3) is 5.91 Å². The summed E-state index contributed by atoms with van der Waals surface area (Å²) in [4.78, 5) is 28.6. The minimum absolute atomic E-state index is 0.0565. The number of aromatic nitrogens is 3. The van der Waals surface area contributed by atoms with Gasteiger partial charge >= 0.3 is 0 Å². The Morgan fingerprint density at radius 2 is 1.60 bits per heavy atom. The van der Waals surface area contributed by atoms with Gasteiger partial charge in [-0.2, -0.15) is 0 Å². The molecule has 0 aromatic carbocycles. The van der Waals surface area contributed by atoms with E-state index in [1.54, 1.807) is 43.0 Å². The van der Waals surface area contributed by atoms with Gasteiger partial charge in [0.1, 0.15) is 0 Å². The number of rotatable bonds is 2. The van der Waals surface area contributed by atoms with Gasteiger partial charge in [-0.25, -0.2) is 9.97 Å². The van der Waals surface area contributed by atoms with Crippen molar-refractivity contribution in [2.24, 2.45) is 0 Å². The summed E-state index contributed by atoms with van der Waals surface area (Å²) >= 11 is 0. The lowest BCUT2D eigenvalue weighted by Gasteiger charge is -2.34. The van der Waals surface area contributed by atoms with E-state index in [4.69, 9.17) is 0 Å². The molecule has 102 valence electrons. The van der Waals surface area contributed by atoms with Crippen LogP contribution in [0.5, 0.6) is 0 Å². The molecule has 0 unspecified atom stereocenters. The van der Waals surface area contributed by atoms with E-state index in [1.807, 2.05) is 4.90 Å². The first-order chi connectivity index (χ1) is 9.84. The van der Waals surface area contributed by atoms with Crippen LogP contribution in [0.4, 0.5) is 5.95 Å². The van der Waals surface area contributed by atoms with E-state index in [-0.39, 0.29) is 5.91 Å². The summed E-state index contributed by atoms with van der Waals surface area (Å²) in [5, 5.41) is 0. The van der Waals surface area contributed by atoms with Gasteiger partial charge in [0.05, 0.1) is 0 Å². The first kappa shape index (κ1) is 12.5. The molecular formula is C14H15N5O. The summed E-state index contributed by atoms with van der Waals surface area (Å²) < 4.78 is 0. The van der Waals surface area contributed by atoms with Crippen LogP contribution >= 0.6 is 0 Å². The maximum atomic E-state index is 12.3. The van der Waals surface area contributed by atoms with E-state index in [1.165, 1.54) is 0 Å². The molecule has 0 N–H and O–H groups in total. The minimum atomic E-state index is 0.0565. The lowest BCUT2D eigenvalue weighted by molar-refractivity contribution is 0.0746. The smallest absolute Gasteiger partial charge is 0.254 e. The van der Waals surface area contributed by atoms with Gasteiger partial charge in [-0.1, -0.05) is 0 Å². The predicted octanol–water partition coefficient (Wildman–Crippen LogP) is 0.834. The third-order valence-electron chi connectivity index (χ3n) is 3.33. The van der Waals surface area contributed by atoms with Crippen LogP contribution in [0, 0.1) is 0 Å². The van der Waals surface area contributed by atoms with Crippen LogP contribution in [-0.4, -0.2) is 51.9 Å². The van der Waals surface area contributed by atoms with E-state index in [9.17, 15) is 4.79 Å². The van der Waals surface area contributed by atoms with Crippen LogP contribution in [0.3, 0.4) is 0 Å². The molecular weight excluding hydrogens is 254 g/mol. The number of piperazine rings is 1. The highest BCUT2D eigenvalue weighted by molar-refractivity contribution is 5.94. The van der Waals surface area contributed by atoms with E-state index in [2.05, 4.69) is 19.9 Å². The SMILES string of the molecule is O=C(c1ccncc1)N1CCN(c2ncccn2)CC1. The topological polar surface area (TPSA) is 62.2 Å². The third kappa shape index (κ3) is 2.59. The molecule has 20 heavy (non-hydrogen) atoms. The molecule has 0 spiro atoms. The summed E-state index contributed by atoms with van der Waals surface area (Å²) in [6, 6.07) is 5.29. The van der Waals surface area contributed by atoms with Crippen molar-refractivity contribution >= 4 is 11.9 Å². The van der Waals surface area contributed by atoms with Gasteiger partial charge in [0.2, 0.25) is 5.95 Å². The largest absolute Gasteiger partial charge is 0.337 e. The van der Waals surface area contributed by atoms with Crippen molar-refractivity contribution in [1.82, 2.24) is 19.9 Å². The Bertz CT molecular complexity index is 567. The molecule has 1 saturated heterocycles. The Kier molecular flexibility index (Phi) is 3.54. The van der Waals surface area contributed by atoms with E-state index < -0.39 is 0 Å². The van der Waals surface area contributed by atoms with E-state index in [0.717, 1.165) is 19.0 Å². The zero-order chi connectivity index (χ0) is 13.8. The maximum absolute atomic E-state index is 12.3. The monoisotopic (exact) mass is 269 g/mol. The first-order valence-electron chi connectivity index (χ1n) is 6.56. The fourth-order valence-electron chi connectivity index (χ4n) is 2.24. The fourth-order valence-corrected chi connectivity index (χ4v) is 2.24. The van der Waals surface area contributed by atoms with Gasteiger partial charge in [0, 0.05) is 56.5 Å². The highest BCUT2D eigenvalue weighted by Crippen LogP contribution is 2.12. The van der Waals surface area contributed by atoms with Crippen molar-refractivity contribution < 1.29 is 4.79 Å². The zero-order valence-corrected chi connectivity index (χ0v) is 11.0. The average molecular weight is 269 g/mol. The van der Waals surface area contributed by atoms with Crippen LogP contribution in [0.2, 0.25) is 0 Å². The molecule has 6 nitrogen and oxygen atoms in total. The second-order valence-corrected chi connectivity index (χ2v) is 4.56. The van der Waals surface area contributed by atoms with Gasteiger partial charge in [0.15, 0.2) is 0 Å². The van der Waals surface area contributed by atoms with Crippen LogP contribution < -0.4 is 4.90 Å².